The zero-order chi connectivity index (χ0) is 22.1. The summed E-state index contributed by atoms with van der Waals surface area (Å²) in [5, 5.41) is 8.52. The molecule has 3 heterocycles. The third-order valence-corrected chi connectivity index (χ3v) is 7.66. The number of carbonyl (C=O) groups excluding carboxylic acids is 2. The zero-order valence-corrected chi connectivity index (χ0v) is 19.4. The van der Waals surface area contributed by atoms with E-state index in [1.165, 1.54) is 23.5 Å². The van der Waals surface area contributed by atoms with Gasteiger partial charge in [0.05, 0.1) is 23.0 Å². The Morgan fingerprint density at radius 3 is 2.77 bits per heavy atom. The average molecular weight is 461 g/mol. The van der Waals surface area contributed by atoms with Gasteiger partial charge in [0.2, 0.25) is 5.91 Å². The molecule has 1 aliphatic heterocycles. The molecule has 1 aromatic carbocycles. The topological polar surface area (TPSA) is 67.2 Å². The number of hydrogen-bond donors (Lipinski definition) is 1. The number of amides is 2. The highest BCUT2D eigenvalue weighted by molar-refractivity contribution is 7.99. The lowest BCUT2D eigenvalue weighted by Crippen LogP contribution is -2.49. The molecule has 0 spiro atoms. The Morgan fingerprint density at radius 1 is 1.32 bits per heavy atom. The summed E-state index contributed by atoms with van der Waals surface area (Å²) in [6.07, 6.45) is 0.847. The van der Waals surface area contributed by atoms with Crippen molar-refractivity contribution in [2.45, 2.75) is 45.8 Å². The van der Waals surface area contributed by atoms with Crippen molar-refractivity contribution in [1.29, 1.82) is 0 Å². The van der Waals surface area contributed by atoms with Gasteiger partial charge in [0.25, 0.3) is 5.91 Å². The average Bonchev–Trinajstić information content (AvgIpc) is 3.47. The van der Waals surface area contributed by atoms with Crippen molar-refractivity contribution in [2.24, 2.45) is 0 Å². The number of thioether (sulfide) groups is 1. The first kappa shape index (κ1) is 21.8. The fourth-order valence-electron chi connectivity index (χ4n) is 3.53. The van der Waals surface area contributed by atoms with Crippen LogP contribution in [0.15, 0.2) is 30.3 Å². The number of rotatable bonds is 6. The van der Waals surface area contributed by atoms with Crippen LogP contribution in [0, 0.1) is 12.7 Å². The van der Waals surface area contributed by atoms with Crippen molar-refractivity contribution in [2.75, 3.05) is 11.6 Å². The number of thiophene rings is 1. The van der Waals surface area contributed by atoms with Crippen LogP contribution in [-0.4, -0.2) is 50.2 Å². The Kier molecular flexibility index (Phi) is 6.34. The zero-order valence-electron chi connectivity index (χ0n) is 17.7. The van der Waals surface area contributed by atoms with Gasteiger partial charge in [0, 0.05) is 17.2 Å². The van der Waals surface area contributed by atoms with Crippen LogP contribution in [0.25, 0.3) is 10.2 Å². The van der Waals surface area contributed by atoms with Crippen LogP contribution in [0.1, 0.15) is 41.2 Å². The number of carbonyl (C=O) groups is 2. The Labute approximate surface area is 188 Å². The Hall–Kier alpha value is -2.39. The first-order chi connectivity index (χ1) is 14.9. The molecule has 1 N–H and O–H groups in total. The van der Waals surface area contributed by atoms with Gasteiger partial charge in [0.15, 0.2) is 0 Å². The predicted molar refractivity (Wildman–Crippen MR) is 123 cm³/mol. The third kappa shape index (κ3) is 4.48. The molecule has 2 atom stereocenters. The molecule has 3 aromatic rings. The molecule has 6 nitrogen and oxygen atoms in total. The summed E-state index contributed by atoms with van der Waals surface area (Å²) in [7, 11) is 0. The SMILES string of the molecule is CCC(C)NC(=O)C1CSCN1C(=O)c1cc2c(C)nn(Cc3ccc(F)cc3)c2s1. The fourth-order valence-corrected chi connectivity index (χ4v) is 5.80. The minimum atomic E-state index is -0.450. The quantitative estimate of drug-likeness (QED) is 0.603. The maximum Gasteiger partial charge on any atom is 0.265 e. The Balaban J connectivity index is 1.57. The molecule has 164 valence electrons. The summed E-state index contributed by atoms with van der Waals surface area (Å²) in [6, 6.07) is 7.84. The lowest BCUT2D eigenvalue weighted by atomic mass is 10.2. The second-order valence-corrected chi connectivity index (χ2v) is 9.84. The maximum absolute atomic E-state index is 13.3. The number of fused-ring (bicyclic) bond motifs is 1. The van der Waals surface area contributed by atoms with Gasteiger partial charge in [-0.05, 0) is 44.0 Å². The maximum atomic E-state index is 13.3. The van der Waals surface area contributed by atoms with Crippen LogP contribution in [0.3, 0.4) is 0 Å². The molecule has 0 saturated carbocycles. The van der Waals surface area contributed by atoms with Gasteiger partial charge in [-0.3, -0.25) is 14.3 Å². The second kappa shape index (κ2) is 9.00. The number of nitrogens with one attached hydrogen (secondary N) is 1. The molecular formula is C22H25FN4O2S2. The highest BCUT2D eigenvalue weighted by Gasteiger charge is 2.36. The van der Waals surface area contributed by atoms with Crippen LogP contribution in [0.4, 0.5) is 4.39 Å². The van der Waals surface area contributed by atoms with E-state index < -0.39 is 6.04 Å². The summed E-state index contributed by atoms with van der Waals surface area (Å²) in [4.78, 5) is 29.1. The lowest BCUT2D eigenvalue weighted by molar-refractivity contribution is -0.125. The molecule has 0 bridgehead atoms. The van der Waals surface area contributed by atoms with Crippen molar-refractivity contribution in [3.63, 3.8) is 0 Å². The van der Waals surface area contributed by atoms with Gasteiger partial charge in [-0.15, -0.1) is 23.1 Å². The van der Waals surface area contributed by atoms with Crippen molar-refractivity contribution >= 4 is 45.1 Å². The van der Waals surface area contributed by atoms with Crippen LogP contribution >= 0.6 is 23.1 Å². The molecule has 1 fully saturated rings. The van der Waals surface area contributed by atoms with E-state index in [-0.39, 0.29) is 23.7 Å². The van der Waals surface area contributed by atoms with Crippen molar-refractivity contribution in [3.05, 3.63) is 52.3 Å². The van der Waals surface area contributed by atoms with E-state index in [1.54, 1.807) is 28.8 Å². The number of aryl methyl sites for hydroxylation is 1. The van der Waals surface area contributed by atoms with E-state index in [4.69, 9.17) is 0 Å². The Morgan fingerprint density at radius 2 is 2.06 bits per heavy atom. The van der Waals surface area contributed by atoms with Crippen LogP contribution in [0.5, 0.6) is 0 Å². The molecule has 4 rings (SSSR count). The normalized spacial score (nSPS) is 17.3. The molecule has 31 heavy (non-hydrogen) atoms. The smallest absolute Gasteiger partial charge is 0.265 e. The van der Waals surface area contributed by atoms with E-state index in [9.17, 15) is 14.0 Å². The molecule has 0 aliphatic carbocycles. The third-order valence-electron chi connectivity index (χ3n) is 5.51. The first-order valence-electron chi connectivity index (χ1n) is 10.3. The summed E-state index contributed by atoms with van der Waals surface area (Å²) in [5.41, 5.74) is 1.78. The summed E-state index contributed by atoms with van der Waals surface area (Å²) >= 11 is 2.98. The Bertz CT molecular complexity index is 1110. The molecule has 2 aromatic heterocycles. The van der Waals surface area contributed by atoms with Gasteiger partial charge in [-0.25, -0.2) is 4.39 Å². The van der Waals surface area contributed by atoms with Crippen LogP contribution < -0.4 is 5.32 Å². The summed E-state index contributed by atoms with van der Waals surface area (Å²) < 4.78 is 15.1. The number of hydrogen-bond acceptors (Lipinski definition) is 5. The van der Waals surface area contributed by atoms with E-state index in [0.29, 0.717) is 23.1 Å². The number of aromatic nitrogens is 2. The fraction of sp³-hybridized carbons (Fsp3) is 0.409. The molecule has 0 radical (unpaired) electrons. The number of nitrogens with zero attached hydrogens (tertiary/aromatic N) is 3. The lowest BCUT2D eigenvalue weighted by Gasteiger charge is -2.24. The molecule has 2 amide bonds. The van der Waals surface area contributed by atoms with E-state index in [1.807, 2.05) is 31.5 Å². The standard InChI is InChI=1S/C22H25FN4O2S2/c1-4-13(2)24-20(28)18-11-30-12-26(18)21(29)19-9-17-14(3)25-27(22(17)31-19)10-15-5-7-16(23)8-6-15/h5-9,13,18H,4,10-12H2,1-3H3,(H,24,28). The minimum absolute atomic E-state index is 0.0828. The van der Waals surface area contributed by atoms with E-state index in [0.717, 1.165) is 27.9 Å². The molecule has 9 heteroatoms. The molecular weight excluding hydrogens is 435 g/mol. The van der Waals surface area contributed by atoms with Gasteiger partial charge in [-0.1, -0.05) is 19.1 Å². The summed E-state index contributed by atoms with van der Waals surface area (Å²) in [5.74, 6) is 0.628. The monoisotopic (exact) mass is 460 g/mol. The minimum Gasteiger partial charge on any atom is -0.352 e. The van der Waals surface area contributed by atoms with E-state index in [2.05, 4.69) is 10.4 Å². The molecule has 1 saturated heterocycles. The first-order valence-corrected chi connectivity index (χ1v) is 12.2. The number of halogens is 1. The highest BCUT2D eigenvalue weighted by atomic mass is 32.2. The highest BCUT2D eigenvalue weighted by Crippen LogP contribution is 2.32. The summed E-state index contributed by atoms with van der Waals surface area (Å²) in [6.45, 7) is 6.40. The van der Waals surface area contributed by atoms with Crippen molar-refractivity contribution < 1.29 is 14.0 Å². The predicted octanol–water partition coefficient (Wildman–Crippen LogP) is 4.02. The van der Waals surface area contributed by atoms with E-state index >= 15 is 0 Å². The van der Waals surface area contributed by atoms with Gasteiger partial charge < -0.3 is 10.2 Å². The van der Waals surface area contributed by atoms with Crippen molar-refractivity contribution in [1.82, 2.24) is 20.0 Å². The van der Waals surface area contributed by atoms with Gasteiger partial charge in [0.1, 0.15) is 16.7 Å². The largest absolute Gasteiger partial charge is 0.352 e. The van der Waals surface area contributed by atoms with Crippen molar-refractivity contribution in [3.8, 4) is 0 Å². The van der Waals surface area contributed by atoms with Gasteiger partial charge in [-0.2, -0.15) is 5.10 Å². The molecule has 1 aliphatic rings. The van der Waals surface area contributed by atoms with Crippen LogP contribution in [0.2, 0.25) is 0 Å². The second-order valence-electron chi connectivity index (χ2n) is 7.81. The van der Waals surface area contributed by atoms with Crippen LogP contribution in [-0.2, 0) is 11.3 Å². The van der Waals surface area contributed by atoms with Gasteiger partial charge >= 0.3 is 0 Å². The molecule has 2 unspecified atom stereocenters. The number of benzene rings is 1.